The number of carboxylic acids is 2. The molecule has 125 heavy (non-hydrogen) atoms. The SMILES string of the molecule is CCCOCCCC(=O)[C@@H](O)[C@H](O)C(=O)NCCOCCOCCOCCNS(=O)(=O)c1cccc([C@@H]2CN(C)Cc3c(Cl)cc(Cl)cc32)c1.CN1Cc2c(Cl)cc(Cl)cc2[C@H](c2cccc(S(=O)(=O)NCCOCCOCCOCCN)c2)C1.COCCOCCCS(=O)(=O)c1cccc([C@@H]2CN(C)Cc3c(Cl)cc(Cl)cc32)c1.O=C(O)[C@@H](O)[C@H](O)C(=O)O. The van der Waals surface area contributed by atoms with Gasteiger partial charge < -0.3 is 99.0 Å². The van der Waals surface area contributed by atoms with Crippen LogP contribution in [0.2, 0.25) is 30.1 Å². The van der Waals surface area contributed by atoms with Crippen molar-refractivity contribution in [3.8, 4) is 0 Å². The molecule has 3 aliphatic rings. The second kappa shape index (κ2) is 56.1. The Morgan fingerprint density at radius 3 is 1.17 bits per heavy atom. The van der Waals surface area contributed by atoms with E-state index in [-0.39, 0.29) is 106 Å². The number of ketones is 1. The number of fused-ring (bicyclic) bond motifs is 3. The van der Waals surface area contributed by atoms with Crippen LogP contribution in [-0.4, -0.2) is 311 Å². The Morgan fingerprint density at radius 2 is 0.784 bits per heavy atom. The molecule has 3 heterocycles. The van der Waals surface area contributed by atoms with Crippen molar-refractivity contribution >= 4 is 123 Å². The standard InChI is InChI=1S/C34H49Cl2N3O10S.C24H33Cl2N3O5S.C22H27Cl2NO4S.C4H6O6/c1-3-11-46-12-5-8-31(40)32(41)33(42)34(43)37-9-13-47-15-17-49-18-16-48-14-10-38-50(44,45)26-7-4-6-24(19-26)28-22-39(2)23-29-27(28)20-25(35)21-30(29)36;1-29-16-22(21-14-19(25)15-24(26)23(21)17-29)18-3-2-4-20(13-18)35(30,31)28-6-8-33-10-12-34-11-9-32-7-5-27;1-25-14-20(19-12-17(23)13-22(24)21(19)15-25)16-5-3-6-18(11-16)30(26,27)10-4-7-29-9-8-28-2;5-1(3(7)8)2(6)4(9)10/h4,6-7,19-21,28,32-33,38,41-42H,3,5,8-18,22-23H2,1-2H3,(H,37,43);2-4,13-15,22,28H,5-12,16-17,27H2,1H3;3,5-6,11-13,20H,4,7-10,14-15H2,1-2H3;1-2,5-6H,(H,7,8)(H,9,10)/t28-,32+,33-;22-;20-;1-,2-/m0000/s1. The number of ether oxygens (including phenoxy) is 9. The molecule has 1 amide bonds. The Bertz CT molecular complexity index is 4730. The van der Waals surface area contributed by atoms with E-state index in [2.05, 4.69) is 29.5 Å². The van der Waals surface area contributed by atoms with E-state index in [0.29, 0.717) is 140 Å². The number of nitrogens with two attached hydrogens (primary N) is 1. The average Bonchev–Trinajstić information content (AvgIpc) is 0.781. The number of rotatable bonds is 50. The highest BCUT2D eigenvalue weighted by Gasteiger charge is 2.34. The van der Waals surface area contributed by atoms with Gasteiger partial charge in [-0.3, -0.25) is 9.59 Å². The monoisotopic (exact) mass is 1930 g/mol. The van der Waals surface area contributed by atoms with Crippen LogP contribution in [0.3, 0.4) is 0 Å². The van der Waals surface area contributed by atoms with Gasteiger partial charge in [-0.15, -0.1) is 0 Å². The number of nitrogens with one attached hydrogen (secondary N) is 3. The Hall–Kier alpha value is -5.77. The Balaban J connectivity index is 0.000000282. The molecule has 6 aromatic rings. The lowest BCUT2D eigenvalue weighted by Crippen LogP contribution is -2.46. The first-order valence-corrected chi connectivity index (χ1v) is 47.2. The average molecular weight is 1930 g/mol. The first-order valence-electron chi connectivity index (χ1n) is 40.3. The van der Waals surface area contributed by atoms with Gasteiger partial charge in [-0.25, -0.2) is 44.3 Å². The number of amides is 1. The first-order chi connectivity index (χ1) is 59.5. The summed E-state index contributed by atoms with van der Waals surface area (Å²) in [6.45, 7) is 13.2. The van der Waals surface area contributed by atoms with E-state index in [1.54, 1.807) is 79.9 Å². The lowest BCUT2D eigenvalue weighted by atomic mass is 9.85. The summed E-state index contributed by atoms with van der Waals surface area (Å²) in [4.78, 5) is 50.7. The number of Topliss-reactive ketones (excluding diaryl/α,β-unsaturated/α-hetero) is 1. The number of hydrogen-bond acceptors (Lipinski definition) is 27. The van der Waals surface area contributed by atoms with Crippen LogP contribution in [0.25, 0.3) is 0 Å². The van der Waals surface area contributed by atoms with Crippen LogP contribution in [0.5, 0.6) is 0 Å². The molecular formula is C84H115Cl6N7O25S3. The summed E-state index contributed by atoms with van der Waals surface area (Å²) < 4.78 is 131. The molecule has 0 saturated heterocycles. The molecule has 0 unspecified atom stereocenters. The number of carbonyl (C=O) groups excluding carboxylic acids is 2. The number of nitrogens with zero attached hydrogens (tertiary/aromatic N) is 3. The van der Waals surface area contributed by atoms with Crippen LogP contribution in [0, 0.1) is 0 Å². The van der Waals surface area contributed by atoms with Gasteiger partial charge >= 0.3 is 11.9 Å². The topological polar surface area (TPSA) is 447 Å². The number of likely N-dealkylation sites (N-methyl/N-ethyl adjacent to an activating group) is 3. The van der Waals surface area contributed by atoms with Crippen molar-refractivity contribution in [2.24, 2.45) is 5.73 Å². The lowest BCUT2D eigenvalue weighted by Gasteiger charge is -2.33. The highest BCUT2D eigenvalue weighted by atomic mass is 35.5. The van der Waals surface area contributed by atoms with E-state index < -0.39 is 77.9 Å². The highest BCUT2D eigenvalue weighted by molar-refractivity contribution is 7.91. The minimum absolute atomic E-state index is 0.000111. The second-order valence-electron chi connectivity index (χ2n) is 29.3. The first kappa shape index (κ1) is 108. The predicted molar refractivity (Wildman–Crippen MR) is 475 cm³/mol. The maximum absolute atomic E-state index is 13.0. The van der Waals surface area contributed by atoms with Crippen LogP contribution in [0.1, 0.15) is 100 Å². The fourth-order valence-corrected chi connectivity index (χ4v) is 18.5. The third-order valence-electron chi connectivity index (χ3n) is 19.5. The number of aliphatic carboxylic acids is 2. The zero-order valence-corrected chi connectivity index (χ0v) is 77.4. The van der Waals surface area contributed by atoms with Gasteiger partial charge in [-0.05, 0) is 163 Å². The summed E-state index contributed by atoms with van der Waals surface area (Å²) in [6, 6.07) is 32.1. The molecule has 0 aliphatic carbocycles. The van der Waals surface area contributed by atoms with Gasteiger partial charge in [0.2, 0.25) is 20.0 Å². The zero-order valence-electron chi connectivity index (χ0n) is 70.4. The summed E-state index contributed by atoms with van der Waals surface area (Å²) in [6.07, 6.45) is -6.50. The largest absolute Gasteiger partial charge is 0.479 e. The molecule has 41 heteroatoms. The predicted octanol–water partition coefficient (Wildman–Crippen LogP) is 7.65. The zero-order chi connectivity index (χ0) is 91.8. The fourth-order valence-electron chi connectivity index (χ4n) is 13.3. The summed E-state index contributed by atoms with van der Waals surface area (Å²) in [5, 5.41) is 58.4. The molecule has 0 spiro atoms. The summed E-state index contributed by atoms with van der Waals surface area (Å²) in [5.74, 6) is -5.11. The number of carbonyl (C=O) groups is 4. The third kappa shape index (κ3) is 36.5. The molecule has 6 aromatic carbocycles. The minimum Gasteiger partial charge on any atom is -0.479 e. The van der Waals surface area contributed by atoms with Gasteiger partial charge in [-0.2, -0.15) is 0 Å². The number of carboxylic acid groups (broad SMARTS) is 2. The quantitative estimate of drug-likeness (QED) is 0.0164. The molecule has 0 radical (unpaired) electrons. The molecule has 11 N–H and O–H groups in total. The molecule has 0 fully saturated rings. The second-order valence-corrected chi connectivity index (χ2v) is 37.5. The Morgan fingerprint density at radius 1 is 0.440 bits per heavy atom. The number of hydrogen-bond donors (Lipinski definition) is 10. The van der Waals surface area contributed by atoms with Gasteiger partial charge in [0.1, 0.15) is 6.10 Å². The van der Waals surface area contributed by atoms with Crippen LogP contribution in [0.4, 0.5) is 0 Å². The highest BCUT2D eigenvalue weighted by Crippen LogP contribution is 2.42. The number of benzene rings is 6. The van der Waals surface area contributed by atoms with Gasteiger partial charge in [0, 0.05) is 147 Å². The Labute approximate surface area is 761 Å². The molecule has 0 saturated carbocycles. The van der Waals surface area contributed by atoms with Crippen molar-refractivity contribution in [1.82, 2.24) is 29.5 Å². The molecule has 32 nitrogen and oxygen atoms in total. The van der Waals surface area contributed by atoms with E-state index in [1.165, 1.54) is 0 Å². The van der Waals surface area contributed by atoms with Crippen molar-refractivity contribution in [3.05, 3.63) is 189 Å². The molecule has 7 atom stereocenters. The maximum Gasteiger partial charge on any atom is 0.335 e. The van der Waals surface area contributed by atoms with Crippen molar-refractivity contribution in [1.29, 1.82) is 0 Å². The van der Waals surface area contributed by atoms with Crippen LogP contribution in [-0.2, 0) is 111 Å². The van der Waals surface area contributed by atoms with Gasteiger partial charge in [-0.1, -0.05) is 113 Å². The van der Waals surface area contributed by atoms with E-state index in [4.69, 9.17) is 138 Å². The number of halogens is 6. The van der Waals surface area contributed by atoms with Crippen molar-refractivity contribution in [3.63, 3.8) is 0 Å². The molecule has 696 valence electrons. The molecular weight excluding hydrogens is 1820 g/mol. The summed E-state index contributed by atoms with van der Waals surface area (Å²) in [7, 11) is -3.22. The van der Waals surface area contributed by atoms with E-state index in [9.17, 15) is 54.6 Å². The number of sulfone groups is 1. The minimum atomic E-state index is -3.78. The fraction of sp³-hybridized carbons (Fsp3) is 0.524. The Kier molecular flexibility index (Phi) is 48.4. The number of aliphatic hydroxyl groups is 4. The smallest absolute Gasteiger partial charge is 0.335 e. The van der Waals surface area contributed by atoms with Crippen molar-refractivity contribution in [2.45, 2.75) is 109 Å². The number of aliphatic hydroxyl groups excluding tert-OH is 4. The van der Waals surface area contributed by atoms with Crippen molar-refractivity contribution < 1.29 is 118 Å². The molecule has 3 aliphatic heterocycles. The third-order valence-corrected chi connectivity index (χ3v) is 25.9. The van der Waals surface area contributed by atoms with Crippen LogP contribution < -0.4 is 20.5 Å². The normalized spacial score (nSPS) is 16.4. The van der Waals surface area contributed by atoms with E-state index in [1.807, 2.05) is 64.5 Å². The van der Waals surface area contributed by atoms with Crippen LogP contribution in [0.15, 0.2) is 124 Å². The molecule has 9 rings (SSSR count). The van der Waals surface area contributed by atoms with Gasteiger partial charge in [0.05, 0.1) is 113 Å². The summed E-state index contributed by atoms with van der Waals surface area (Å²) >= 11 is 38.2. The number of sulfonamides is 2. The van der Waals surface area contributed by atoms with E-state index in [0.717, 1.165) is 76.1 Å². The van der Waals surface area contributed by atoms with E-state index >= 15 is 0 Å². The van der Waals surface area contributed by atoms with Gasteiger partial charge in [0.25, 0.3) is 5.91 Å². The number of methoxy groups -OCH3 is 1. The van der Waals surface area contributed by atoms with Gasteiger partial charge in [0.15, 0.2) is 33.9 Å². The van der Waals surface area contributed by atoms with Crippen molar-refractivity contribution in [2.75, 3.05) is 192 Å². The van der Waals surface area contributed by atoms with Crippen LogP contribution >= 0.6 is 69.6 Å². The molecule has 0 bridgehead atoms. The maximum atomic E-state index is 13.0. The lowest BCUT2D eigenvalue weighted by molar-refractivity contribution is -0.165. The summed E-state index contributed by atoms with van der Waals surface area (Å²) in [5.41, 5.74) is 14.2. The molecule has 0 aromatic heterocycles.